The Hall–Kier alpha value is -3.71. The molecule has 0 amide bonds. The fourth-order valence-corrected chi connectivity index (χ4v) is 4.65. The molecule has 4 heterocycles. The summed E-state index contributed by atoms with van der Waals surface area (Å²) in [5.41, 5.74) is -0.155. The third kappa shape index (κ3) is 6.20. The van der Waals surface area contributed by atoms with Gasteiger partial charge in [-0.2, -0.15) is 31.4 Å². The first-order valence-corrected chi connectivity index (χ1v) is 12.7. The number of anilines is 1. The van der Waals surface area contributed by atoms with Crippen LogP contribution in [0, 0.1) is 0 Å². The summed E-state index contributed by atoms with van der Waals surface area (Å²) in [4.78, 5) is 13.5. The second kappa shape index (κ2) is 11.0. The van der Waals surface area contributed by atoms with Gasteiger partial charge in [0.15, 0.2) is 0 Å². The highest BCUT2D eigenvalue weighted by molar-refractivity contribution is 5.91. The lowest BCUT2D eigenvalue weighted by atomic mass is 10.0. The third-order valence-corrected chi connectivity index (χ3v) is 6.88. The molecule has 1 saturated heterocycles. The van der Waals surface area contributed by atoms with Crippen LogP contribution in [0.4, 0.5) is 32.3 Å². The molecule has 40 heavy (non-hydrogen) atoms. The van der Waals surface area contributed by atoms with E-state index in [1.54, 1.807) is 6.07 Å². The Kier molecular flexibility index (Phi) is 7.69. The van der Waals surface area contributed by atoms with E-state index in [2.05, 4.69) is 37.2 Å². The second-order valence-electron chi connectivity index (χ2n) is 9.73. The second-order valence-corrected chi connectivity index (χ2v) is 9.73. The van der Waals surface area contributed by atoms with Crippen LogP contribution < -0.4 is 5.32 Å². The minimum atomic E-state index is -4.59. The number of fused-ring (bicyclic) bond motifs is 1. The van der Waals surface area contributed by atoms with E-state index in [1.165, 1.54) is 24.4 Å². The topological polar surface area (TPSA) is 61.6 Å². The number of benzene rings is 1. The van der Waals surface area contributed by atoms with Gasteiger partial charge in [0.05, 0.1) is 27.9 Å². The molecular formula is C27H27F6N7. The SMILES string of the molecule is CN1CCN(CCCNc2nccc(-c3c(-c4ccc(C(F)(F)F)cc4)nn4cc(C(F)(F)F)ccc34)n2)CC1. The van der Waals surface area contributed by atoms with Crippen molar-refractivity contribution < 1.29 is 26.3 Å². The predicted octanol–water partition coefficient (Wildman–Crippen LogP) is 5.55. The van der Waals surface area contributed by atoms with Crippen LogP contribution in [-0.2, 0) is 12.4 Å². The number of aromatic nitrogens is 4. The van der Waals surface area contributed by atoms with E-state index in [-0.39, 0.29) is 5.69 Å². The van der Waals surface area contributed by atoms with Crippen LogP contribution in [0.3, 0.4) is 0 Å². The van der Waals surface area contributed by atoms with Gasteiger partial charge in [-0.1, -0.05) is 12.1 Å². The quantitative estimate of drug-likeness (QED) is 0.235. The number of nitrogens with one attached hydrogen (secondary N) is 1. The summed E-state index contributed by atoms with van der Waals surface area (Å²) in [5, 5.41) is 7.53. The van der Waals surface area contributed by atoms with Crippen LogP contribution >= 0.6 is 0 Å². The predicted molar refractivity (Wildman–Crippen MR) is 139 cm³/mol. The summed E-state index contributed by atoms with van der Waals surface area (Å²) >= 11 is 0. The van der Waals surface area contributed by atoms with Crippen LogP contribution in [0.15, 0.2) is 54.9 Å². The van der Waals surface area contributed by atoms with Gasteiger partial charge in [-0.05, 0) is 50.3 Å². The molecule has 0 bridgehead atoms. The summed E-state index contributed by atoms with van der Waals surface area (Å²) in [7, 11) is 2.10. The number of likely N-dealkylation sites (N-methyl/N-ethyl adjacent to an activating group) is 1. The van der Waals surface area contributed by atoms with Crippen molar-refractivity contribution in [2.24, 2.45) is 0 Å². The third-order valence-electron chi connectivity index (χ3n) is 6.88. The van der Waals surface area contributed by atoms with Gasteiger partial charge in [-0.25, -0.2) is 14.5 Å². The number of halogens is 6. The highest BCUT2D eigenvalue weighted by Gasteiger charge is 2.32. The van der Waals surface area contributed by atoms with Crippen molar-refractivity contribution in [2.45, 2.75) is 18.8 Å². The van der Waals surface area contributed by atoms with Crippen LogP contribution in [0.1, 0.15) is 17.5 Å². The fourth-order valence-electron chi connectivity index (χ4n) is 4.65. The summed E-state index contributed by atoms with van der Waals surface area (Å²) in [6.07, 6.45) is -5.88. The molecule has 0 saturated carbocycles. The van der Waals surface area contributed by atoms with Crippen molar-refractivity contribution in [1.82, 2.24) is 29.4 Å². The first-order chi connectivity index (χ1) is 19.0. The number of nitrogens with zero attached hydrogens (tertiary/aromatic N) is 6. The normalized spacial score (nSPS) is 15.6. The molecular weight excluding hydrogens is 536 g/mol. The van der Waals surface area contributed by atoms with Crippen LogP contribution in [0.2, 0.25) is 0 Å². The Morgan fingerprint density at radius 2 is 1.52 bits per heavy atom. The van der Waals surface area contributed by atoms with Crippen LogP contribution in [0.5, 0.6) is 0 Å². The Balaban J connectivity index is 1.44. The molecule has 5 rings (SSSR count). The Bertz CT molecular complexity index is 1460. The van der Waals surface area contributed by atoms with Crippen LogP contribution in [-0.4, -0.2) is 75.7 Å². The maximum atomic E-state index is 13.4. The molecule has 3 aromatic heterocycles. The highest BCUT2D eigenvalue weighted by Crippen LogP contribution is 2.38. The number of rotatable bonds is 7. The summed E-state index contributed by atoms with van der Waals surface area (Å²) in [6, 6.07) is 8.14. The molecule has 13 heteroatoms. The number of alkyl halides is 6. The Morgan fingerprint density at radius 1 is 0.850 bits per heavy atom. The molecule has 1 N–H and O–H groups in total. The smallest absolute Gasteiger partial charge is 0.354 e. The average molecular weight is 564 g/mol. The molecule has 0 spiro atoms. The van der Waals surface area contributed by atoms with Crippen molar-refractivity contribution in [2.75, 3.05) is 51.6 Å². The van der Waals surface area contributed by atoms with E-state index in [4.69, 9.17) is 0 Å². The van der Waals surface area contributed by atoms with E-state index < -0.39 is 23.5 Å². The van der Waals surface area contributed by atoms with Gasteiger partial charge in [0.25, 0.3) is 0 Å². The van der Waals surface area contributed by atoms with E-state index in [0.29, 0.717) is 34.8 Å². The van der Waals surface area contributed by atoms with Gasteiger partial charge in [-0.15, -0.1) is 0 Å². The molecule has 0 radical (unpaired) electrons. The molecule has 1 aliphatic heterocycles. The van der Waals surface area contributed by atoms with E-state index in [0.717, 1.165) is 68.1 Å². The van der Waals surface area contributed by atoms with E-state index in [1.807, 2.05) is 0 Å². The monoisotopic (exact) mass is 563 g/mol. The number of piperazine rings is 1. The lowest BCUT2D eigenvalue weighted by Crippen LogP contribution is -2.44. The molecule has 1 aliphatic rings. The van der Waals surface area contributed by atoms with E-state index in [9.17, 15) is 26.3 Å². The Morgan fingerprint density at radius 3 is 2.20 bits per heavy atom. The maximum Gasteiger partial charge on any atom is 0.417 e. The zero-order chi connectivity index (χ0) is 28.5. The summed E-state index contributed by atoms with van der Waals surface area (Å²) in [5.74, 6) is 0.334. The first-order valence-electron chi connectivity index (χ1n) is 12.7. The molecule has 1 aromatic carbocycles. The van der Waals surface area contributed by atoms with Gasteiger partial charge in [0, 0.05) is 50.7 Å². The molecule has 212 valence electrons. The molecule has 4 aromatic rings. The maximum absolute atomic E-state index is 13.4. The summed E-state index contributed by atoms with van der Waals surface area (Å²) in [6.45, 7) is 5.63. The molecule has 0 aliphatic carbocycles. The van der Waals surface area contributed by atoms with Crippen molar-refractivity contribution in [1.29, 1.82) is 0 Å². The van der Waals surface area contributed by atoms with Gasteiger partial charge in [0.1, 0.15) is 5.69 Å². The summed E-state index contributed by atoms with van der Waals surface area (Å²) < 4.78 is 80.6. The molecule has 1 fully saturated rings. The van der Waals surface area contributed by atoms with Crippen molar-refractivity contribution in [3.8, 4) is 22.5 Å². The van der Waals surface area contributed by atoms with Crippen LogP contribution in [0.25, 0.3) is 28.0 Å². The van der Waals surface area contributed by atoms with Gasteiger partial charge < -0.3 is 15.1 Å². The van der Waals surface area contributed by atoms with Gasteiger partial charge in [0.2, 0.25) is 5.95 Å². The first kappa shape index (κ1) is 27.8. The lowest BCUT2D eigenvalue weighted by molar-refractivity contribution is -0.138. The van der Waals surface area contributed by atoms with Crippen molar-refractivity contribution in [3.63, 3.8) is 0 Å². The minimum absolute atomic E-state index is 0.202. The lowest BCUT2D eigenvalue weighted by Gasteiger charge is -2.32. The molecule has 7 nitrogen and oxygen atoms in total. The fraction of sp³-hybridized carbons (Fsp3) is 0.370. The van der Waals surface area contributed by atoms with Crippen molar-refractivity contribution >= 4 is 11.5 Å². The zero-order valence-corrected chi connectivity index (χ0v) is 21.6. The molecule has 0 atom stereocenters. The zero-order valence-electron chi connectivity index (χ0n) is 21.6. The standard InChI is InChI=1S/C27H27F6N7/c1-38-13-15-39(16-14-38)12-2-10-34-25-35-11-9-21(36-25)23-22-8-7-20(27(31,32)33)17-40(22)37-24(23)18-3-5-19(6-4-18)26(28,29)30/h3-9,11,17H,2,10,12-16H2,1H3,(H,34,35,36). The van der Waals surface area contributed by atoms with E-state index >= 15 is 0 Å². The Labute approximate surface area is 226 Å². The highest BCUT2D eigenvalue weighted by atomic mass is 19.4. The molecule has 0 unspecified atom stereocenters. The largest absolute Gasteiger partial charge is 0.417 e. The average Bonchev–Trinajstić information content (AvgIpc) is 3.30. The van der Waals surface area contributed by atoms with Gasteiger partial charge in [-0.3, -0.25) is 0 Å². The minimum Gasteiger partial charge on any atom is -0.354 e. The number of hydrogen-bond acceptors (Lipinski definition) is 6. The number of hydrogen-bond donors (Lipinski definition) is 1. The van der Waals surface area contributed by atoms with Gasteiger partial charge >= 0.3 is 12.4 Å². The van der Waals surface area contributed by atoms with Crippen molar-refractivity contribution in [3.05, 3.63) is 66.0 Å². The number of pyridine rings is 1.